The maximum absolute atomic E-state index is 11.6. The molecule has 2 amide bonds. The van der Waals surface area contributed by atoms with E-state index in [1.54, 1.807) is 18.2 Å². The molecule has 0 atom stereocenters. The number of hydrogen-bond acceptors (Lipinski definition) is 3. The van der Waals surface area contributed by atoms with Crippen LogP contribution in [0.25, 0.3) is 0 Å². The Hall–Kier alpha value is -1.27. The predicted molar refractivity (Wildman–Crippen MR) is 73.1 cm³/mol. The van der Waals surface area contributed by atoms with Crippen LogP contribution < -0.4 is 15.4 Å². The Labute approximate surface area is 118 Å². The molecule has 0 spiro atoms. The number of rotatable bonds is 5. The van der Waals surface area contributed by atoms with E-state index in [2.05, 4.69) is 26.6 Å². The van der Waals surface area contributed by atoms with Crippen LogP contribution >= 0.6 is 27.5 Å². The molecule has 0 saturated heterocycles. The van der Waals surface area contributed by atoms with E-state index in [1.807, 2.05) is 0 Å². The summed E-state index contributed by atoms with van der Waals surface area (Å²) in [6, 6.07) is 5.22. The van der Waals surface area contributed by atoms with Gasteiger partial charge in [0, 0.05) is 4.47 Å². The number of ether oxygens (including phenoxy) is 1. The maximum atomic E-state index is 11.6. The van der Waals surface area contributed by atoms with Gasteiger partial charge in [0.25, 0.3) is 0 Å². The van der Waals surface area contributed by atoms with Gasteiger partial charge in [0.05, 0.1) is 19.3 Å². The first-order valence-corrected chi connectivity index (χ1v) is 6.35. The number of benzene rings is 1. The summed E-state index contributed by atoms with van der Waals surface area (Å²) in [5.41, 5.74) is 0.525. The summed E-state index contributed by atoms with van der Waals surface area (Å²) in [4.78, 5) is 22.5. The van der Waals surface area contributed by atoms with Crippen LogP contribution in [0.4, 0.5) is 5.69 Å². The van der Waals surface area contributed by atoms with Gasteiger partial charge in [0.1, 0.15) is 11.6 Å². The highest BCUT2D eigenvalue weighted by molar-refractivity contribution is 9.10. The van der Waals surface area contributed by atoms with Crippen LogP contribution in [0.5, 0.6) is 5.75 Å². The second-order valence-electron chi connectivity index (χ2n) is 3.30. The molecule has 0 heterocycles. The van der Waals surface area contributed by atoms with Crippen molar-refractivity contribution in [2.24, 2.45) is 0 Å². The predicted octanol–water partition coefficient (Wildman–Crippen LogP) is 1.75. The molecule has 1 aromatic rings. The molecule has 7 heteroatoms. The van der Waals surface area contributed by atoms with Gasteiger partial charge >= 0.3 is 0 Å². The van der Waals surface area contributed by atoms with Crippen molar-refractivity contribution in [3.05, 3.63) is 22.7 Å². The number of hydrogen-bond donors (Lipinski definition) is 2. The first-order chi connectivity index (χ1) is 8.56. The number of methoxy groups -OCH3 is 1. The van der Waals surface area contributed by atoms with Crippen molar-refractivity contribution in [2.75, 3.05) is 24.9 Å². The van der Waals surface area contributed by atoms with Gasteiger partial charge in [-0.15, -0.1) is 11.6 Å². The van der Waals surface area contributed by atoms with Crippen molar-refractivity contribution in [3.63, 3.8) is 0 Å². The summed E-state index contributed by atoms with van der Waals surface area (Å²) < 4.78 is 5.91. The summed E-state index contributed by atoms with van der Waals surface area (Å²) >= 11 is 8.59. The fraction of sp³-hybridized carbons (Fsp3) is 0.273. The molecular weight excluding hydrogens is 323 g/mol. The Bertz CT molecular complexity index is 454. The number of carbonyl (C=O) groups excluding carboxylic acids is 2. The Kier molecular flexibility index (Phi) is 5.94. The molecule has 2 N–H and O–H groups in total. The number of halogens is 2. The third-order valence-corrected chi connectivity index (χ3v) is 2.74. The summed E-state index contributed by atoms with van der Waals surface area (Å²) in [6.45, 7) is -0.138. The first-order valence-electron chi connectivity index (χ1n) is 5.03. The molecule has 0 bridgehead atoms. The van der Waals surface area contributed by atoms with Gasteiger partial charge < -0.3 is 15.4 Å². The molecular formula is C11H12BrClN2O3. The van der Waals surface area contributed by atoms with Gasteiger partial charge in [-0.1, -0.05) is 15.9 Å². The van der Waals surface area contributed by atoms with Crippen molar-refractivity contribution in [2.45, 2.75) is 0 Å². The normalized spacial score (nSPS) is 9.72. The molecule has 0 aliphatic rings. The Balaban J connectivity index is 2.63. The molecule has 5 nitrogen and oxygen atoms in total. The summed E-state index contributed by atoms with van der Waals surface area (Å²) in [6.07, 6.45) is 0. The molecule has 0 aliphatic carbocycles. The zero-order chi connectivity index (χ0) is 13.5. The highest BCUT2D eigenvalue weighted by Gasteiger charge is 2.09. The molecule has 1 rings (SSSR count). The number of alkyl halides is 1. The van der Waals surface area contributed by atoms with Crippen molar-refractivity contribution >= 4 is 45.0 Å². The van der Waals surface area contributed by atoms with Gasteiger partial charge in [0.15, 0.2) is 0 Å². The van der Waals surface area contributed by atoms with Crippen molar-refractivity contribution in [1.29, 1.82) is 0 Å². The van der Waals surface area contributed by atoms with E-state index < -0.39 is 5.91 Å². The average molecular weight is 336 g/mol. The molecule has 0 unspecified atom stereocenters. The van der Waals surface area contributed by atoms with Crippen molar-refractivity contribution in [1.82, 2.24) is 5.32 Å². The second kappa shape index (κ2) is 7.23. The van der Waals surface area contributed by atoms with Gasteiger partial charge in [-0.2, -0.15) is 0 Å². The van der Waals surface area contributed by atoms with Crippen LogP contribution in [0, 0.1) is 0 Å². The molecule has 1 aromatic carbocycles. The maximum Gasteiger partial charge on any atom is 0.243 e. The lowest BCUT2D eigenvalue weighted by Crippen LogP contribution is -2.33. The summed E-state index contributed by atoms with van der Waals surface area (Å²) in [5, 5.41) is 5.00. The monoisotopic (exact) mass is 334 g/mol. The lowest BCUT2D eigenvalue weighted by atomic mass is 10.3. The quantitative estimate of drug-likeness (QED) is 0.806. The molecule has 0 radical (unpaired) electrons. The fourth-order valence-corrected chi connectivity index (χ4v) is 1.65. The SMILES string of the molecule is COc1ccc(Br)cc1NC(=O)CNC(=O)CCl. The first kappa shape index (κ1) is 14.8. The highest BCUT2D eigenvalue weighted by Crippen LogP contribution is 2.27. The largest absolute Gasteiger partial charge is 0.495 e. The minimum Gasteiger partial charge on any atom is -0.495 e. The van der Waals surface area contributed by atoms with E-state index in [0.717, 1.165) is 4.47 Å². The number of nitrogens with one attached hydrogen (secondary N) is 2. The lowest BCUT2D eigenvalue weighted by molar-refractivity contribution is -0.122. The standard InChI is InChI=1S/C11H12BrClN2O3/c1-18-9-3-2-7(12)4-8(9)15-11(17)6-14-10(16)5-13/h2-4H,5-6H2,1H3,(H,14,16)(H,15,17). The second-order valence-corrected chi connectivity index (χ2v) is 4.49. The molecule has 0 aliphatic heterocycles. The van der Waals surface area contributed by atoms with E-state index in [4.69, 9.17) is 16.3 Å². The van der Waals surface area contributed by atoms with Crippen LogP contribution in [0.2, 0.25) is 0 Å². The molecule has 0 saturated carbocycles. The van der Waals surface area contributed by atoms with Crippen LogP contribution in [0.1, 0.15) is 0 Å². The fourth-order valence-electron chi connectivity index (χ4n) is 1.20. The van der Waals surface area contributed by atoms with Crippen LogP contribution in [-0.2, 0) is 9.59 Å². The Morgan fingerprint density at radius 2 is 2.11 bits per heavy atom. The third kappa shape index (κ3) is 4.54. The van der Waals surface area contributed by atoms with Gasteiger partial charge in [-0.25, -0.2) is 0 Å². The molecule has 18 heavy (non-hydrogen) atoms. The van der Waals surface area contributed by atoms with Crippen LogP contribution in [-0.4, -0.2) is 31.3 Å². The van der Waals surface area contributed by atoms with Crippen molar-refractivity contribution < 1.29 is 14.3 Å². The van der Waals surface area contributed by atoms with E-state index in [0.29, 0.717) is 11.4 Å². The van der Waals surface area contributed by atoms with Crippen LogP contribution in [0.3, 0.4) is 0 Å². The highest BCUT2D eigenvalue weighted by atomic mass is 79.9. The third-order valence-electron chi connectivity index (χ3n) is 2.00. The molecule has 0 aromatic heterocycles. The lowest BCUT2D eigenvalue weighted by Gasteiger charge is -2.10. The Morgan fingerprint density at radius 3 is 2.72 bits per heavy atom. The molecule has 98 valence electrons. The smallest absolute Gasteiger partial charge is 0.243 e. The minimum atomic E-state index is -0.395. The van der Waals surface area contributed by atoms with Crippen molar-refractivity contribution in [3.8, 4) is 5.75 Å². The Morgan fingerprint density at radius 1 is 1.39 bits per heavy atom. The summed E-state index contributed by atoms with van der Waals surface area (Å²) in [7, 11) is 1.51. The number of carbonyl (C=O) groups is 2. The van der Waals surface area contributed by atoms with E-state index in [9.17, 15) is 9.59 Å². The van der Waals surface area contributed by atoms with Gasteiger partial charge in [0.2, 0.25) is 11.8 Å². The molecule has 0 fully saturated rings. The number of amides is 2. The zero-order valence-corrected chi connectivity index (χ0v) is 12.0. The average Bonchev–Trinajstić information content (AvgIpc) is 2.36. The minimum absolute atomic E-state index is 0.138. The van der Waals surface area contributed by atoms with Crippen LogP contribution in [0.15, 0.2) is 22.7 Å². The van der Waals surface area contributed by atoms with Gasteiger partial charge in [-0.05, 0) is 18.2 Å². The number of anilines is 1. The zero-order valence-electron chi connectivity index (χ0n) is 9.63. The van der Waals surface area contributed by atoms with E-state index in [-0.39, 0.29) is 18.3 Å². The van der Waals surface area contributed by atoms with E-state index in [1.165, 1.54) is 7.11 Å². The van der Waals surface area contributed by atoms with Gasteiger partial charge in [-0.3, -0.25) is 9.59 Å². The topological polar surface area (TPSA) is 67.4 Å². The summed E-state index contributed by atoms with van der Waals surface area (Å²) in [5.74, 6) is -0.388. The van der Waals surface area contributed by atoms with E-state index >= 15 is 0 Å².